The molecule has 0 amide bonds. The van der Waals surface area contributed by atoms with E-state index in [9.17, 15) is 4.39 Å². The minimum Gasteiger partial charge on any atom is -0.383 e. The summed E-state index contributed by atoms with van der Waals surface area (Å²) in [6, 6.07) is 14.2. The maximum absolute atomic E-state index is 14.3. The Balaban J connectivity index is 1.13. The van der Waals surface area contributed by atoms with Gasteiger partial charge in [-0.05, 0) is 62.6 Å². The predicted molar refractivity (Wildman–Crippen MR) is 162 cm³/mol. The highest BCUT2D eigenvalue weighted by Crippen LogP contribution is 2.39. The Morgan fingerprint density at radius 1 is 0.902 bits per heavy atom. The minimum absolute atomic E-state index is 0.287. The van der Waals surface area contributed by atoms with Crippen molar-refractivity contribution >= 4 is 39.5 Å². The van der Waals surface area contributed by atoms with E-state index in [-0.39, 0.29) is 5.82 Å². The average Bonchev–Trinajstić information content (AvgIpc) is 3.53. The smallest absolute Gasteiger partial charge is 0.208 e. The molecule has 1 aliphatic carbocycles. The van der Waals surface area contributed by atoms with Gasteiger partial charge in [0.1, 0.15) is 29.1 Å². The molecule has 1 saturated heterocycles. The molecule has 0 spiro atoms. The van der Waals surface area contributed by atoms with Crippen LogP contribution in [0.1, 0.15) is 31.7 Å². The number of rotatable bonds is 5. The standard InChI is InChI=1S/C31H36FN9/c1-38-14-16-40(17-15-38)22-10-12-23(13-11-22)41-18-24(27-29(33)34-19-35-30(27)41)20-6-8-21(9-7-20)36-31-37-26-5-3-4-25(32)28(26)39(31)2/h3-9,18-19,22-23H,10-17H2,1-2H3,(H,36,37)(H2,33,34,35)/t22-,23+. The van der Waals surface area contributed by atoms with Gasteiger partial charge in [-0.25, -0.2) is 19.3 Å². The fourth-order valence-corrected chi connectivity index (χ4v) is 6.69. The van der Waals surface area contributed by atoms with Crippen molar-refractivity contribution in [3.63, 3.8) is 0 Å². The van der Waals surface area contributed by atoms with Gasteiger partial charge >= 0.3 is 0 Å². The lowest BCUT2D eigenvalue weighted by Gasteiger charge is -2.41. The summed E-state index contributed by atoms with van der Waals surface area (Å²) in [5.41, 5.74) is 11.4. The van der Waals surface area contributed by atoms with Gasteiger partial charge in [0.2, 0.25) is 5.95 Å². The zero-order chi connectivity index (χ0) is 28.1. The molecule has 41 heavy (non-hydrogen) atoms. The number of nitrogen functional groups attached to an aromatic ring is 1. The molecule has 3 N–H and O–H groups in total. The van der Waals surface area contributed by atoms with Crippen LogP contribution in [0.3, 0.4) is 0 Å². The van der Waals surface area contributed by atoms with Gasteiger partial charge in [-0.2, -0.15) is 0 Å². The third kappa shape index (κ3) is 4.70. The lowest BCUT2D eigenvalue weighted by Crippen LogP contribution is -2.49. The molecule has 1 aliphatic heterocycles. The van der Waals surface area contributed by atoms with E-state index < -0.39 is 0 Å². The number of fused-ring (bicyclic) bond motifs is 2. The van der Waals surface area contributed by atoms with Gasteiger partial charge in [0, 0.05) is 62.8 Å². The second-order valence-corrected chi connectivity index (χ2v) is 11.5. The molecule has 0 radical (unpaired) electrons. The first kappa shape index (κ1) is 25.9. The van der Waals surface area contributed by atoms with Crippen LogP contribution >= 0.6 is 0 Å². The molecule has 4 heterocycles. The number of hydrogen-bond acceptors (Lipinski definition) is 7. The average molecular weight is 554 g/mol. The van der Waals surface area contributed by atoms with Crippen LogP contribution in [0.2, 0.25) is 0 Å². The molecule has 2 aliphatic rings. The first-order chi connectivity index (χ1) is 20.0. The monoisotopic (exact) mass is 553 g/mol. The van der Waals surface area contributed by atoms with Gasteiger partial charge in [-0.3, -0.25) is 4.90 Å². The zero-order valence-electron chi connectivity index (χ0n) is 23.6. The summed E-state index contributed by atoms with van der Waals surface area (Å²) in [6.45, 7) is 4.66. The van der Waals surface area contributed by atoms with E-state index in [1.807, 2.05) is 25.2 Å². The third-order valence-electron chi connectivity index (χ3n) is 9.05. The van der Waals surface area contributed by atoms with E-state index in [1.165, 1.54) is 32.0 Å². The summed E-state index contributed by atoms with van der Waals surface area (Å²) in [7, 11) is 4.02. The van der Waals surface area contributed by atoms with E-state index in [0.717, 1.165) is 53.8 Å². The SMILES string of the molecule is CN1CCN([C@H]2CC[C@@H](n3cc(-c4ccc(Nc5nc6cccc(F)c6n5C)cc4)c4c(N)ncnc43)CC2)CC1. The van der Waals surface area contributed by atoms with Crippen LogP contribution in [0, 0.1) is 5.82 Å². The van der Waals surface area contributed by atoms with Gasteiger partial charge in [-0.15, -0.1) is 0 Å². The van der Waals surface area contributed by atoms with E-state index in [1.54, 1.807) is 17.0 Å². The van der Waals surface area contributed by atoms with Crippen molar-refractivity contribution in [2.75, 3.05) is 44.3 Å². The number of aryl methyl sites for hydroxylation is 1. The molecule has 3 aromatic heterocycles. The second-order valence-electron chi connectivity index (χ2n) is 11.5. The first-order valence-corrected chi connectivity index (χ1v) is 14.5. The number of likely N-dealkylation sites (N-methyl/N-ethyl adjacent to an activating group) is 1. The van der Waals surface area contributed by atoms with Crippen molar-refractivity contribution in [3.05, 3.63) is 60.8 Å². The molecule has 0 unspecified atom stereocenters. The fourth-order valence-electron chi connectivity index (χ4n) is 6.69. The molecule has 2 fully saturated rings. The number of hydrogen-bond donors (Lipinski definition) is 2. The van der Waals surface area contributed by atoms with Crippen LogP contribution in [0.25, 0.3) is 33.2 Å². The number of nitrogens with one attached hydrogen (secondary N) is 1. The highest BCUT2D eigenvalue weighted by atomic mass is 19.1. The fraction of sp³-hybridized carbons (Fsp3) is 0.387. The van der Waals surface area contributed by atoms with Gasteiger partial charge in [0.05, 0.1) is 10.9 Å². The Labute approximate surface area is 238 Å². The minimum atomic E-state index is -0.287. The van der Waals surface area contributed by atoms with E-state index in [2.05, 4.69) is 55.0 Å². The number of halogens is 1. The summed E-state index contributed by atoms with van der Waals surface area (Å²) >= 11 is 0. The van der Waals surface area contributed by atoms with Gasteiger partial charge in [0.25, 0.3) is 0 Å². The number of aromatic nitrogens is 5. The van der Waals surface area contributed by atoms with Crippen LogP contribution in [0.5, 0.6) is 0 Å². The lowest BCUT2D eigenvalue weighted by atomic mass is 9.89. The van der Waals surface area contributed by atoms with Crippen LogP contribution < -0.4 is 11.1 Å². The Hall–Kier alpha value is -4.02. The van der Waals surface area contributed by atoms with Crippen LogP contribution in [-0.4, -0.2) is 73.2 Å². The van der Waals surface area contributed by atoms with Gasteiger partial charge in [-0.1, -0.05) is 18.2 Å². The molecular weight excluding hydrogens is 517 g/mol. The van der Waals surface area contributed by atoms with Crippen LogP contribution in [0.15, 0.2) is 55.0 Å². The van der Waals surface area contributed by atoms with Crippen molar-refractivity contribution in [1.82, 2.24) is 33.9 Å². The normalized spacial score (nSPS) is 20.7. The van der Waals surface area contributed by atoms with Gasteiger partial charge < -0.3 is 25.1 Å². The molecule has 0 atom stereocenters. The summed E-state index contributed by atoms with van der Waals surface area (Å²) < 4.78 is 18.4. The van der Waals surface area contributed by atoms with Gasteiger partial charge in [0.15, 0.2) is 0 Å². The highest BCUT2D eigenvalue weighted by Gasteiger charge is 2.30. The van der Waals surface area contributed by atoms with E-state index in [4.69, 9.17) is 10.7 Å². The largest absolute Gasteiger partial charge is 0.383 e. The zero-order valence-corrected chi connectivity index (χ0v) is 23.6. The van der Waals surface area contributed by atoms with E-state index >= 15 is 0 Å². The summed E-state index contributed by atoms with van der Waals surface area (Å²) in [4.78, 5) is 18.7. The quantitative estimate of drug-likeness (QED) is 0.310. The summed E-state index contributed by atoms with van der Waals surface area (Å²) in [5.74, 6) is 0.794. The first-order valence-electron chi connectivity index (χ1n) is 14.5. The molecule has 7 rings (SSSR count). The van der Waals surface area contributed by atoms with Crippen molar-refractivity contribution < 1.29 is 4.39 Å². The molecule has 212 valence electrons. The number of piperazine rings is 1. The molecule has 5 aromatic rings. The second kappa shape index (κ2) is 10.4. The molecular formula is C31H36FN9. The summed E-state index contributed by atoms with van der Waals surface area (Å²) in [5, 5.41) is 4.23. The lowest BCUT2D eigenvalue weighted by molar-refractivity contribution is 0.0828. The maximum atomic E-state index is 14.3. The Bertz CT molecular complexity index is 1690. The number of nitrogens with zero attached hydrogens (tertiary/aromatic N) is 7. The predicted octanol–water partition coefficient (Wildman–Crippen LogP) is 5.18. The van der Waals surface area contributed by atoms with Crippen molar-refractivity contribution in [3.8, 4) is 11.1 Å². The maximum Gasteiger partial charge on any atom is 0.208 e. The van der Waals surface area contributed by atoms with Crippen molar-refractivity contribution in [1.29, 1.82) is 0 Å². The van der Waals surface area contributed by atoms with Crippen molar-refractivity contribution in [2.45, 2.75) is 37.8 Å². The molecule has 9 nitrogen and oxygen atoms in total. The number of anilines is 3. The molecule has 2 aromatic carbocycles. The number of imidazole rings is 1. The molecule has 0 bridgehead atoms. The van der Waals surface area contributed by atoms with E-state index in [0.29, 0.717) is 34.9 Å². The third-order valence-corrected chi connectivity index (χ3v) is 9.05. The topological polar surface area (TPSA) is 93.1 Å². The summed E-state index contributed by atoms with van der Waals surface area (Å²) in [6.07, 6.45) is 8.46. The number of nitrogens with two attached hydrogens (primary N) is 1. The number of benzene rings is 2. The van der Waals surface area contributed by atoms with Crippen LogP contribution in [-0.2, 0) is 7.05 Å². The number of para-hydroxylation sites is 1. The Morgan fingerprint density at radius 3 is 2.37 bits per heavy atom. The Kier molecular flexibility index (Phi) is 6.59. The highest BCUT2D eigenvalue weighted by molar-refractivity contribution is 6.00. The van der Waals surface area contributed by atoms with Crippen LogP contribution in [0.4, 0.5) is 21.8 Å². The Morgan fingerprint density at radius 2 is 1.63 bits per heavy atom. The molecule has 10 heteroatoms. The van der Waals surface area contributed by atoms with Crippen molar-refractivity contribution in [2.24, 2.45) is 7.05 Å². The molecule has 1 saturated carbocycles.